The molecule has 1 aliphatic rings. The van der Waals surface area contributed by atoms with Crippen LogP contribution in [0.1, 0.15) is 27.2 Å². The van der Waals surface area contributed by atoms with Crippen LogP contribution in [0.2, 0.25) is 0 Å². The van der Waals surface area contributed by atoms with Crippen molar-refractivity contribution in [1.82, 2.24) is 10.2 Å². The molecular formula is C18H31IN4O2. The molecule has 0 fully saturated rings. The fraction of sp³-hybridized carbons (Fsp3) is 0.611. The first-order valence-electron chi connectivity index (χ1n) is 8.75. The SMILES string of the molecule is CCN(CCNC(=NC)Nc1ccc2c(c1)OCCCO2)C(C)C.I. The summed E-state index contributed by atoms with van der Waals surface area (Å²) in [5.41, 5.74) is 0.934. The number of rotatable bonds is 6. The first-order chi connectivity index (χ1) is 11.6. The summed E-state index contributed by atoms with van der Waals surface area (Å²) in [4.78, 5) is 6.70. The molecule has 0 amide bonds. The molecule has 0 unspecified atom stereocenters. The molecule has 6 nitrogen and oxygen atoms in total. The Morgan fingerprint density at radius 1 is 1.24 bits per heavy atom. The molecule has 0 atom stereocenters. The third-order valence-corrected chi connectivity index (χ3v) is 4.06. The number of fused-ring (bicyclic) bond motifs is 1. The van der Waals surface area contributed by atoms with Crippen molar-refractivity contribution in [3.05, 3.63) is 18.2 Å². The Labute approximate surface area is 168 Å². The fourth-order valence-electron chi connectivity index (χ4n) is 2.66. The second-order valence-electron chi connectivity index (χ2n) is 6.06. The third-order valence-electron chi connectivity index (χ3n) is 4.06. The van der Waals surface area contributed by atoms with E-state index >= 15 is 0 Å². The van der Waals surface area contributed by atoms with Crippen LogP contribution in [-0.2, 0) is 0 Å². The van der Waals surface area contributed by atoms with Gasteiger partial charge in [0.1, 0.15) is 0 Å². The molecule has 0 spiro atoms. The van der Waals surface area contributed by atoms with E-state index in [4.69, 9.17) is 9.47 Å². The standard InChI is InChI=1S/C18H30N4O2.HI/c1-5-22(14(2)3)10-9-20-18(19-4)21-15-7-8-16-17(13-15)24-12-6-11-23-16;/h7-8,13-14H,5-6,9-12H2,1-4H3,(H2,19,20,21);1H. The normalized spacial score (nSPS) is 14.1. The van der Waals surface area contributed by atoms with Crippen molar-refractivity contribution in [3.63, 3.8) is 0 Å². The van der Waals surface area contributed by atoms with Gasteiger partial charge in [-0.15, -0.1) is 24.0 Å². The highest BCUT2D eigenvalue weighted by molar-refractivity contribution is 14.0. The van der Waals surface area contributed by atoms with E-state index in [1.165, 1.54) is 0 Å². The van der Waals surface area contributed by atoms with E-state index in [9.17, 15) is 0 Å². The molecule has 7 heteroatoms. The molecule has 2 rings (SSSR count). The van der Waals surface area contributed by atoms with Crippen molar-refractivity contribution >= 4 is 35.6 Å². The van der Waals surface area contributed by atoms with Crippen molar-refractivity contribution in [3.8, 4) is 11.5 Å². The zero-order chi connectivity index (χ0) is 17.4. The van der Waals surface area contributed by atoms with Gasteiger partial charge in [-0.25, -0.2) is 0 Å². The van der Waals surface area contributed by atoms with Crippen molar-refractivity contribution in [2.75, 3.05) is 45.2 Å². The number of ether oxygens (including phenoxy) is 2. The van der Waals surface area contributed by atoms with Gasteiger partial charge in [0.2, 0.25) is 0 Å². The van der Waals surface area contributed by atoms with Gasteiger partial charge < -0.3 is 20.1 Å². The number of aliphatic imine (C=N–C) groups is 1. The van der Waals surface area contributed by atoms with E-state index in [0.717, 1.165) is 49.2 Å². The Morgan fingerprint density at radius 2 is 1.96 bits per heavy atom. The molecule has 0 saturated heterocycles. The lowest BCUT2D eigenvalue weighted by molar-refractivity contribution is 0.237. The lowest BCUT2D eigenvalue weighted by Crippen LogP contribution is -2.40. The van der Waals surface area contributed by atoms with Crippen LogP contribution in [0.3, 0.4) is 0 Å². The highest BCUT2D eigenvalue weighted by Gasteiger charge is 2.11. The van der Waals surface area contributed by atoms with Crippen molar-refractivity contribution in [2.24, 2.45) is 4.99 Å². The summed E-state index contributed by atoms with van der Waals surface area (Å²) in [5, 5.41) is 6.66. The van der Waals surface area contributed by atoms with Crippen LogP contribution in [-0.4, -0.2) is 56.8 Å². The molecule has 0 aromatic heterocycles. The zero-order valence-electron chi connectivity index (χ0n) is 15.7. The molecule has 25 heavy (non-hydrogen) atoms. The quantitative estimate of drug-likeness (QED) is 0.387. The number of guanidine groups is 1. The predicted molar refractivity (Wildman–Crippen MR) is 115 cm³/mol. The highest BCUT2D eigenvalue weighted by atomic mass is 127. The number of nitrogens with one attached hydrogen (secondary N) is 2. The predicted octanol–water partition coefficient (Wildman–Crippen LogP) is 3.18. The van der Waals surface area contributed by atoms with Gasteiger partial charge in [0.05, 0.1) is 13.2 Å². The molecule has 0 radical (unpaired) electrons. The topological polar surface area (TPSA) is 58.1 Å². The largest absolute Gasteiger partial charge is 0.490 e. The van der Waals surface area contributed by atoms with Crippen LogP contribution in [0.15, 0.2) is 23.2 Å². The summed E-state index contributed by atoms with van der Waals surface area (Å²) in [7, 11) is 1.78. The molecular weight excluding hydrogens is 431 g/mol. The number of nitrogens with zero attached hydrogens (tertiary/aromatic N) is 2. The Bertz CT molecular complexity index is 552. The van der Waals surface area contributed by atoms with Crippen LogP contribution in [0.25, 0.3) is 0 Å². The smallest absolute Gasteiger partial charge is 0.195 e. The summed E-state index contributed by atoms with van der Waals surface area (Å²) in [6.07, 6.45) is 0.907. The van der Waals surface area contributed by atoms with Crippen LogP contribution in [0.4, 0.5) is 5.69 Å². The summed E-state index contributed by atoms with van der Waals surface area (Å²) >= 11 is 0. The summed E-state index contributed by atoms with van der Waals surface area (Å²) < 4.78 is 11.4. The second kappa shape index (κ2) is 11.4. The molecule has 1 aliphatic heterocycles. The second-order valence-corrected chi connectivity index (χ2v) is 6.06. The van der Waals surface area contributed by atoms with Crippen molar-refractivity contribution < 1.29 is 9.47 Å². The van der Waals surface area contributed by atoms with Crippen molar-refractivity contribution in [1.29, 1.82) is 0 Å². The zero-order valence-corrected chi connectivity index (χ0v) is 18.0. The van der Waals surface area contributed by atoms with E-state index in [0.29, 0.717) is 19.3 Å². The summed E-state index contributed by atoms with van der Waals surface area (Å²) in [6, 6.07) is 6.43. The first-order valence-corrected chi connectivity index (χ1v) is 8.75. The Balaban J connectivity index is 0.00000312. The van der Waals surface area contributed by atoms with E-state index in [2.05, 4.69) is 41.3 Å². The van der Waals surface area contributed by atoms with Crippen molar-refractivity contribution in [2.45, 2.75) is 33.2 Å². The molecule has 1 heterocycles. The molecule has 142 valence electrons. The molecule has 0 bridgehead atoms. The lowest BCUT2D eigenvalue weighted by atomic mass is 10.2. The van der Waals surface area contributed by atoms with E-state index in [-0.39, 0.29) is 24.0 Å². The van der Waals surface area contributed by atoms with Crippen LogP contribution in [0.5, 0.6) is 11.5 Å². The van der Waals surface area contributed by atoms with Gasteiger partial charge in [-0.3, -0.25) is 9.89 Å². The minimum absolute atomic E-state index is 0. The number of hydrogen-bond donors (Lipinski definition) is 2. The Hall–Kier alpha value is -1.22. The lowest BCUT2D eigenvalue weighted by Gasteiger charge is -2.25. The van der Waals surface area contributed by atoms with Crippen LogP contribution < -0.4 is 20.1 Å². The van der Waals surface area contributed by atoms with E-state index < -0.39 is 0 Å². The minimum Gasteiger partial charge on any atom is -0.490 e. The summed E-state index contributed by atoms with van der Waals surface area (Å²) in [5.74, 6) is 2.34. The van der Waals surface area contributed by atoms with E-state index in [1.807, 2.05) is 18.2 Å². The Kier molecular flexibility index (Phi) is 9.96. The fourth-order valence-corrected chi connectivity index (χ4v) is 2.66. The molecule has 2 N–H and O–H groups in total. The Morgan fingerprint density at radius 3 is 2.60 bits per heavy atom. The molecule has 1 aromatic rings. The number of halogens is 1. The minimum atomic E-state index is 0. The third kappa shape index (κ3) is 6.89. The average Bonchev–Trinajstić information content (AvgIpc) is 2.82. The molecule has 0 aliphatic carbocycles. The number of anilines is 1. The van der Waals surface area contributed by atoms with Crippen LogP contribution in [0, 0.1) is 0 Å². The number of benzene rings is 1. The maximum Gasteiger partial charge on any atom is 0.195 e. The summed E-state index contributed by atoms with van der Waals surface area (Å²) in [6.45, 7) is 10.9. The highest BCUT2D eigenvalue weighted by Crippen LogP contribution is 2.32. The van der Waals surface area contributed by atoms with Gasteiger partial charge >= 0.3 is 0 Å². The average molecular weight is 462 g/mol. The van der Waals surface area contributed by atoms with Gasteiger partial charge in [0.15, 0.2) is 17.5 Å². The maximum atomic E-state index is 5.73. The molecule has 1 aromatic carbocycles. The molecule has 0 saturated carbocycles. The van der Waals surface area contributed by atoms with Gasteiger partial charge in [0.25, 0.3) is 0 Å². The van der Waals surface area contributed by atoms with Gasteiger partial charge in [-0.1, -0.05) is 6.92 Å². The number of hydrogen-bond acceptors (Lipinski definition) is 4. The van der Waals surface area contributed by atoms with Gasteiger partial charge in [0, 0.05) is 44.4 Å². The number of likely N-dealkylation sites (N-methyl/N-ethyl adjacent to an activating group) is 1. The first kappa shape index (κ1) is 21.8. The van der Waals surface area contributed by atoms with Gasteiger partial charge in [-0.05, 0) is 32.5 Å². The van der Waals surface area contributed by atoms with Gasteiger partial charge in [-0.2, -0.15) is 0 Å². The van der Waals surface area contributed by atoms with E-state index in [1.54, 1.807) is 7.05 Å². The monoisotopic (exact) mass is 462 g/mol. The van der Waals surface area contributed by atoms with Crippen LogP contribution >= 0.6 is 24.0 Å². The maximum absolute atomic E-state index is 5.73.